The molecule has 0 aliphatic rings. The van der Waals surface area contributed by atoms with Crippen molar-refractivity contribution in [3.63, 3.8) is 0 Å². The largest absolute Gasteiger partial charge is 0.377 e. The summed E-state index contributed by atoms with van der Waals surface area (Å²) in [5.74, 6) is 0. The lowest BCUT2D eigenvalue weighted by molar-refractivity contribution is -0.0281. The summed E-state index contributed by atoms with van der Waals surface area (Å²) in [6, 6.07) is 4.89. The maximum Gasteiger partial charge on any atom is 0.0803 e. The molecule has 0 bridgehead atoms. The van der Waals surface area contributed by atoms with Gasteiger partial charge in [-0.15, -0.1) is 11.3 Å². The molecule has 2 nitrogen and oxygen atoms in total. The van der Waals surface area contributed by atoms with Crippen LogP contribution in [0.25, 0.3) is 0 Å². The highest BCUT2D eigenvalue weighted by molar-refractivity contribution is 7.11. The van der Waals surface area contributed by atoms with Crippen molar-refractivity contribution in [3.8, 4) is 0 Å². The Kier molecular flexibility index (Phi) is 6.33. The summed E-state index contributed by atoms with van der Waals surface area (Å²) in [5.41, 5.74) is -0.0909. The molecule has 1 heterocycles. The maximum atomic E-state index is 5.75. The molecule has 2 atom stereocenters. The number of methoxy groups -OCH3 is 1. The van der Waals surface area contributed by atoms with Gasteiger partial charge in [-0.1, -0.05) is 20.8 Å². The van der Waals surface area contributed by atoms with Crippen LogP contribution in [0.5, 0.6) is 0 Å². The normalized spacial score (nSPS) is 16.5. The molecule has 0 aromatic carbocycles. The van der Waals surface area contributed by atoms with Crippen molar-refractivity contribution in [1.82, 2.24) is 5.32 Å². The fraction of sp³-hybridized carbons (Fsp3) is 0.733. The third-order valence-corrected chi connectivity index (χ3v) is 5.08. The Bertz CT molecular complexity index is 344. The predicted molar refractivity (Wildman–Crippen MR) is 80.6 cm³/mol. The van der Waals surface area contributed by atoms with Crippen LogP contribution in [0.1, 0.15) is 43.9 Å². The van der Waals surface area contributed by atoms with Gasteiger partial charge in [0.05, 0.1) is 5.60 Å². The van der Waals surface area contributed by atoms with Crippen LogP contribution in [0.15, 0.2) is 12.1 Å². The van der Waals surface area contributed by atoms with Crippen LogP contribution in [0.4, 0.5) is 0 Å². The maximum absolute atomic E-state index is 5.75. The Morgan fingerprint density at radius 1 is 1.28 bits per heavy atom. The molecule has 18 heavy (non-hydrogen) atoms. The minimum absolute atomic E-state index is 0.0909. The molecule has 2 unspecified atom stereocenters. The van der Waals surface area contributed by atoms with Crippen LogP contribution >= 0.6 is 11.3 Å². The van der Waals surface area contributed by atoms with Crippen molar-refractivity contribution < 1.29 is 4.74 Å². The van der Waals surface area contributed by atoms with E-state index in [0.29, 0.717) is 6.04 Å². The SMILES string of the molecule is CCNC(Cc1ccc(CC)s1)C(C)(CC)OC. The van der Waals surface area contributed by atoms with Gasteiger partial charge in [0.2, 0.25) is 0 Å². The highest BCUT2D eigenvalue weighted by Gasteiger charge is 2.32. The topological polar surface area (TPSA) is 21.3 Å². The van der Waals surface area contributed by atoms with Crippen molar-refractivity contribution in [1.29, 1.82) is 0 Å². The molecule has 3 heteroatoms. The second kappa shape index (κ2) is 7.27. The summed E-state index contributed by atoms with van der Waals surface area (Å²) in [6.45, 7) is 9.75. The molecule has 0 saturated heterocycles. The van der Waals surface area contributed by atoms with Crippen molar-refractivity contribution in [3.05, 3.63) is 21.9 Å². The first kappa shape index (κ1) is 15.7. The molecule has 0 amide bonds. The fourth-order valence-corrected chi connectivity index (χ4v) is 3.21. The average Bonchev–Trinajstić information content (AvgIpc) is 2.85. The summed E-state index contributed by atoms with van der Waals surface area (Å²) in [4.78, 5) is 2.92. The lowest BCUT2D eigenvalue weighted by Crippen LogP contribution is -2.51. The highest BCUT2D eigenvalue weighted by Crippen LogP contribution is 2.25. The number of hydrogen-bond donors (Lipinski definition) is 1. The number of ether oxygens (including phenoxy) is 1. The number of thiophene rings is 1. The van der Waals surface area contributed by atoms with Gasteiger partial charge in [-0.3, -0.25) is 0 Å². The summed E-state index contributed by atoms with van der Waals surface area (Å²) >= 11 is 1.93. The van der Waals surface area contributed by atoms with Crippen LogP contribution in [-0.4, -0.2) is 25.3 Å². The van der Waals surface area contributed by atoms with Gasteiger partial charge in [-0.2, -0.15) is 0 Å². The number of hydrogen-bond acceptors (Lipinski definition) is 3. The van der Waals surface area contributed by atoms with Gasteiger partial charge in [0.25, 0.3) is 0 Å². The second-order valence-electron chi connectivity index (χ2n) is 4.91. The zero-order chi connectivity index (χ0) is 13.6. The number of likely N-dealkylation sites (N-methyl/N-ethyl adjacent to an activating group) is 1. The lowest BCUT2D eigenvalue weighted by atomic mass is 9.90. The van der Waals surface area contributed by atoms with Gasteiger partial charge >= 0.3 is 0 Å². The number of nitrogens with one attached hydrogen (secondary N) is 1. The van der Waals surface area contributed by atoms with Crippen LogP contribution in [0.3, 0.4) is 0 Å². The molecule has 0 aliphatic heterocycles. The van der Waals surface area contributed by atoms with E-state index in [1.54, 1.807) is 0 Å². The minimum Gasteiger partial charge on any atom is -0.377 e. The molecule has 104 valence electrons. The first-order chi connectivity index (χ1) is 8.59. The minimum atomic E-state index is -0.0909. The molecule has 0 saturated carbocycles. The molecule has 0 spiro atoms. The fourth-order valence-electron chi connectivity index (χ4n) is 2.21. The van der Waals surface area contributed by atoms with E-state index in [-0.39, 0.29) is 5.60 Å². The number of rotatable bonds is 8. The van der Waals surface area contributed by atoms with Gasteiger partial charge in [0.15, 0.2) is 0 Å². The van der Waals surface area contributed by atoms with Gasteiger partial charge in [0, 0.05) is 22.9 Å². The zero-order valence-electron chi connectivity index (χ0n) is 12.4. The summed E-state index contributed by atoms with van der Waals surface area (Å²) in [5, 5.41) is 3.58. The number of aryl methyl sites for hydroxylation is 1. The zero-order valence-corrected chi connectivity index (χ0v) is 13.2. The molecule has 1 N–H and O–H groups in total. The Labute approximate surface area is 116 Å². The molecule has 0 fully saturated rings. The van der Waals surface area contributed by atoms with E-state index in [1.807, 2.05) is 18.4 Å². The van der Waals surface area contributed by atoms with E-state index in [0.717, 1.165) is 25.8 Å². The summed E-state index contributed by atoms with van der Waals surface area (Å²) < 4.78 is 5.75. The van der Waals surface area contributed by atoms with Crippen LogP contribution < -0.4 is 5.32 Å². The Hall–Kier alpha value is -0.380. The quantitative estimate of drug-likeness (QED) is 0.778. The molecular weight excluding hydrogens is 242 g/mol. The summed E-state index contributed by atoms with van der Waals surface area (Å²) in [6.07, 6.45) is 3.20. The molecule has 1 aromatic heterocycles. The molecule has 1 rings (SSSR count). The first-order valence-corrected chi connectivity index (χ1v) is 7.77. The third kappa shape index (κ3) is 3.81. The van der Waals surface area contributed by atoms with E-state index in [2.05, 4.69) is 45.1 Å². The van der Waals surface area contributed by atoms with Gasteiger partial charge in [-0.25, -0.2) is 0 Å². The van der Waals surface area contributed by atoms with E-state index in [9.17, 15) is 0 Å². The van der Waals surface area contributed by atoms with Gasteiger partial charge in [0.1, 0.15) is 0 Å². The van der Waals surface area contributed by atoms with E-state index >= 15 is 0 Å². The highest BCUT2D eigenvalue weighted by atomic mass is 32.1. The molecule has 1 aromatic rings. The van der Waals surface area contributed by atoms with Gasteiger partial charge < -0.3 is 10.1 Å². The molecule has 0 aliphatic carbocycles. The van der Waals surface area contributed by atoms with E-state index in [1.165, 1.54) is 9.75 Å². The monoisotopic (exact) mass is 269 g/mol. The second-order valence-corrected chi connectivity index (χ2v) is 6.16. The van der Waals surface area contributed by atoms with E-state index in [4.69, 9.17) is 4.74 Å². The van der Waals surface area contributed by atoms with E-state index < -0.39 is 0 Å². The van der Waals surface area contributed by atoms with Crippen molar-refractivity contribution >= 4 is 11.3 Å². The lowest BCUT2D eigenvalue weighted by Gasteiger charge is -2.36. The van der Waals surface area contributed by atoms with Crippen molar-refractivity contribution in [2.75, 3.05) is 13.7 Å². The van der Waals surface area contributed by atoms with Crippen LogP contribution in [0.2, 0.25) is 0 Å². The third-order valence-electron chi connectivity index (χ3n) is 3.83. The summed E-state index contributed by atoms with van der Waals surface area (Å²) in [7, 11) is 1.82. The first-order valence-electron chi connectivity index (χ1n) is 6.95. The Balaban J connectivity index is 2.79. The van der Waals surface area contributed by atoms with Crippen LogP contribution in [-0.2, 0) is 17.6 Å². The van der Waals surface area contributed by atoms with Crippen molar-refractivity contribution in [2.24, 2.45) is 0 Å². The standard InChI is InChI=1S/C15H27NOS/c1-6-12-9-10-13(18-12)11-14(16-8-3)15(4,7-2)17-5/h9-10,14,16H,6-8,11H2,1-5H3. The smallest absolute Gasteiger partial charge is 0.0803 e. The molecule has 0 radical (unpaired) electrons. The Morgan fingerprint density at radius 3 is 2.39 bits per heavy atom. The van der Waals surface area contributed by atoms with Gasteiger partial charge in [-0.05, 0) is 44.9 Å². The predicted octanol–water partition coefficient (Wildman–Crippen LogP) is 3.65. The average molecular weight is 269 g/mol. The molecular formula is C15H27NOS. The van der Waals surface area contributed by atoms with Crippen LogP contribution in [0, 0.1) is 0 Å². The van der Waals surface area contributed by atoms with Crippen molar-refractivity contribution in [2.45, 2.75) is 58.6 Å². The Morgan fingerprint density at radius 2 is 1.94 bits per heavy atom.